The zero-order valence-electron chi connectivity index (χ0n) is 17.3. The molecule has 1 aromatic heterocycles. The third-order valence-electron chi connectivity index (χ3n) is 4.05. The number of sulfonamides is 1. The summed E-state index contributed by atoms with van der Waals surface area (Å²) < 4.78 is 37.6. The van der Waals surface area contributed by atoms with E-state index in [1.54, 1.807) is 18.2 Å². The van der Waals surface area contributed by atoms with Gasteiger partial charge in [-0.25, -0.2) is 23.1 Å². The van der Waals surface area contributed by atoms with E-state index in [1.165, 1.54) is 7.11 Å². The van der Waals surface area contributed by atoms with Gasteiger partial charge < -0.3 is 19.8 Å². The summed E-state index contributed by atoms with van der Waals surface area (Å²) in [5.41, 5.74) is 1.64. The third-order valence-corrected chi connectivity index (χ3v) is 5.51. The number of hydrogen-bond donors (Lipinski definition) is 3. The van der Waals surface area contributed by atoms with Crippen molar-refractivity contribution in [3.05, 3.63) is 47.2 Å². The summed E-state index contributed by atoms with van der Waals surface area (Å²) >= 11 is 0. The number of aromatic nitrogens is 1. The lowest BCUT2D eigenvalue weighted by Crippen LogP contribution is -2.36. The van der Waals surface area contributed by atoms with Crippen molar-refractivity contribution in [1.29, 1.82) is 0 Å². The molecule has 2 rings (SSSR count). The van der Waals surface area contributed by atoms with Crippen LogP contribution in [-0.2, 0) is 27.8 Å². The minimum atomic E-state index is -3.58. The number of nitrogens with one attached hydrogen (secondary N) is 3. The Balaban J connectivity index is 2.04. The van der Waals surface area contributed by atoms with Gasteiger partial charge in [-0.15, -0.1) is 0 Å². The van der Waals surface area contributed by atoms with Crippen LogP contribution in [0.4, 0.5) is 0 Å². The van der Waals surface area contributed by atoms with Gasteiger partial charge in [0.05, 0.1) is 30.3 Å². The number of ether oxygens (including phenoxy) is 1. The predicted molar refractivity (Wildman–Crippen MR) is 111 cm³/mol. The molecule has 0 aliphatic heterocycles. The molecular weight excluding hydrogens is 394 g/mol. The molecule has 0 fully saturated rings. The summed E-state index contributed by atoms with van der Waals surface area (Å²) in [5.74, 6) is 1.97. The third kappa shape index (κ3) is 7.15. The summed E-state index contributed by atoms with van der Waals surface area (Å²) in [6.07, 6.45) is 0. The second-order valence-electron chi connectivity index (χ2n) is 6.34. The van der Waals surface area contributed by atoms with Crippen LogP contribution in [0.3, 0.4) is 0 Å². The Hall–Kier alpha value is -2.43. The quantitative estimate of drug-likeness (QED) is 0.301. The molecule has 0 saturated heterocycles. The largest absolute Gasteiger partial charge is 0.444 e. The fraction of sp³-hybridized carbons (Fsp3) is 0.474. The fourth-order valence-corrected chi connectivity index (χ4v) is 3.54. The zero-order chi connectivity index (χ0) is 21.3. The number of methoxy groups -OCH3 is 1. The van der Waals surface area contributed by atoms with Gasteiger partial charge in [0, 0.05) is 20.2 Å². The Morgan fingerprint density at radius 1 is 1.28 bits per heavy atom. The van der Waals surface area contributed by atoms with Crippen molar-refractivity contribution < 1.29 is 17.6 Å². The highest BCUT2D eigenvalue weighted by Gasteiger charge is 2.13. The maximum atomic E-state index is 12.3. The molecule has 0 saturated carbocycles. The summed E-state index contributed by atoms with van der Waals surface area (Å²) in [6.45, 7) is 7.67. The first-order valence-corrected chi connectivity index (χ1v) is 10.9. The first kappa shape index (κ1) is 22.9. The summed E-state index contributed by atoms with van der Waals surface area (Å²) in [4.78, 5) is 9.05. The van der Waals surface area contributed by atoms with Crippen molar-refractivity contribution in [3.8, 4) is 0 Å². The monoisotopic (exact) mass is 423 g/mol. The van der Waals surface area contributed by atoms with Crippen LogP contribution in [0.25, 0.3) is 0 Å². The number of nitrogens with zero attached hydrogens (tertiary/aromatic N) is 2. The van der Waals surface area contributed by atoms with Gasteiger partial charge in [-0.1, -0.05) is 12.1 Å². The molecule has 0 atom stereocenters. The predicted octanol–water partition coefficient (Wildman–Crippen LogP) is 1.47. The molecule has 0 amide bonds. The lowest BCUT2D eigenvalue weighted by atomic mass is 10.2. The second kappa shape index (κ2) is 10.9. The lowest BCUT2D eigenvalue weighted by Gasteiger charge is -2.10. The van der Waals surface area contributed by atoms with Gasteiger partial charge in [0.25, 0.3) is 0 Å². The average Bonchev–Trinajstić information content (AvgIpc) is 3.02. The van der Waals surface area contributed by atoms with E-state index in [2.05, 4.69) is 25.3 Å². The van der Waals surface area contributed by atoms with Crippen LogP contribution in [-0.4, -0.2) is 46.2 Å². The summed E-state index contributed by atoms with van der Waals surface area (Å²) in [7, 11) is -2.06. The van der Waals surface area contributed by atoms with E-state index in [0.29, 0.717) is 38.1 Å². The fourth-order valence-electron chi connectivity index (χ4n) is 2.46. The van der Waals surface area contributed by atoms with Crippen LogP contribution in [0.15, 0.2) is 38.6 Å². The molecule has 0 aliphatic carbocycles. The van der Waals surface area contributed by atoms with Gasteiger partial charge in [0.1, 0.15) is 5.76 Å². The van der Waals surface area contributed by atoms with E-state index in [-0.39, 0.29) is 11.4 Å². The molecular formula is C19H29N5O4S. The van der Waals surface area contributed by atoms with Gasteiger partial charge in [-0.3, -0.25) is 0 Å². The van der Waals surface area contributed by atoms with E-state index >= 15 is 0 Å². The normalized spacial score (nSPS) is 12.2. The molecule has 9 nitrogen and oxygen atoms in total. The van der Waals surface area contributed by atoms with Gasteiger partial charge in [-0.05, 0) is 38.5 Å². The molecule has 0 unspecified atom stereocenters. The number of hydrogen-bond acceptors (Lipinski definition) is 6. The van der Waals surface area contributed by atoms with Crippen molar-refractivity contribution in [1.82, 2.24) is 20.3 Å². The Bertz CT molecular complexity index is 905. The standard InChI is InChI=1S/C19H29N5O4S/c1-5-20-19(22-13-18-24-14(2)15(3)28-18)21-12-16-7-6-8-17(11-16)29(25,26)23-9-10-27-4/h6-8,11,23H,5,9-10,12-13H2,1-4H3,(H2,20,21,22). The number of guanidine groups is 1. The minimum absolute atomic E-state index is 0.199. The molecule has 0 aliphatic rings. The number of aryl methyl sites for hydroxylation is 2. The number of benzene rings is 1. The highest BCUT2D eigenvalue weighted by Crippen LogP contribution is 2.12. The van der Waals surface area contributed by atoms with Crippen LogP contribution < -0.4 is 15.4 Å². The Labute approximate surface area is 172 Å². The zero-order valence-corrected chi connectivity index (χ0v) is 18.1. The first-order chi connectivity index (χ1) is 13.9. The molecule has 0 radical (unpaired) electrons. The molecule has 3 N–H and O–H groups in total. The Kier molecular flexibility index (Phi) is 8.62. The highest BCUT2D eigenvalue weighted by molar-refractivity contribution is 7.89. The SMILES string of the molecule is CCNC(=NCc1cccc(S(=O)(=O)NCCOC)c1)NCc1nc(C)c(C)o1. The van der Waals surface area contributed by atoms with Crippen LogP contribution >= 0.6 is 0 Å². The lowest BCUT2D eigenvalue weighted by molar-refractivity contribution is 0.204. The molecule has 1 aromatic carbocycles. The molecule has 29 heavy (non-hydrogen) atoms. The molecule has 10 heteroatoms. The van der Waals surface area contributed by atoms with E-state index in [0.717, 1.165) is 17.0 Å². The summed E-state index contributed by atoms with van der Waals surface area (Å²) in [6, 6.07) is 6.71. The van der Waals surface area contributed by atoms with Crippen LogP contribution in [0.5, 0.6) is 0 Å². The maximum absolute atomic E-state index is 12.3. The number of aliphatic imine (C=N–C) groups is 1. The topological polar surface area (TPSA) is 118 Å². The van der Waals surface area contributed by atoms with Crippen LogP contribution in [0.2, 0.25) is 0 Å². The van der Waals surface area contributed by atoms with Crippen molar-refractivity contribution in [3.63, 3.8) is 0 Å². The maximum Gasteiger partial charge on any atom is 0.240 e. The molecule has 1 heterocycles. The van der Waals surface area contributed by atoms with Crippen molar-refractivity contribution in [2.45, 2.75) is 38.8 Å². The van der Waals surface area contributed by atoms with Gasteiger partial charge in [0.2, 0.25) is 15.9 Å². The first-order valence-electron chi connectivity index (χ1n) is 9.38. The molecule has 2 aromatic rings. The van der Waals surface area contributed by atoms with Crippen molar-refractivity contribution >= 4 is 16.0 Å². The smallest absolute Gasteiger partial charge is 0.240 e. The van der Waals surface area contributed by atoms with Gasteiger partial charge >= 0.3 is 0 Å². The highest BCUT2D eigenvalue weighted by atomic mass is 32.2. The van der Waals surface area contributed by atoms with Crippen LogP contribution in [0.1, 0.15) is 29.8 Å². The van der Waals surface area contributed by atoms with Crippen molar-refractivity contribution in [2.75, 3.05) is 26.8 Å². The molecule has 0 bridgehead atoms. The van der Waals surface area contributed by atoms with E-state index in [4.69, 9.17) is 9.15 Å². The Morgan fingerprint density at radius 3 is 2.72 bits per heavy atom. The number of rotatable bonds is 10. The van der Waals surface area contributed by atoms with E-state index in [1.807, 2.05) is 26.8 Å². The minimum Gasteiger partial charge on any atom is -0.444 e. The summed E-state index contributed by atoms with van der Waals surface area (Å²) in [5, 5.41) is 6.31. The molecule has 0 spiro atoms. The van der Waals surface area contributed by atoms with Gasteiger partial charge in [0.15, 0.2) is 5.96 Å². The van der Waals surface area contributed by atoms with Crippen LogP contribution in [0, 0.1) is 13.8 Å². The van der Waals surface area contributed by atoms with E-state index < -0.39 is 10.0 Å². The second-order valence-corrected chi connectivity index (χ2v) is 8.10. The van der Waals surface area contributed by atoms with Gasteiger partial charge in [-0.2, -0.15) is 0 Å². The van der Waals surface area contributed by atoms with Crippen molar-refractivity contribution in [2.24, 2.45) is 4.99 Å². The van der Waals surface area contributed by atoms with E-state index in [9.17, 15) is 8.42 Å². The molecule has 160 valence electrons. The average molecular weight is 424 g/mol. The number of oxazole rings is 1. The Morgan fingerprint density at radius 2 is 2.07 bits per heavy atom.